The Morgan fingerprint density at radius 3 is 1.24 bits per heavy atom. The molecule has 17 aromatic heterocycles. The molecule has 622 valence electrons. The molecule has 0 aliphatic rings. The number of carbonyl (C=O) groups is 1. The average Bonchev–Trinajstić information content (AvgIpc) is 1.65. The van der Waals surface area contributed by atoms with E-state index in [0.717, 1.165) is 152 Å². The molecule has 21 rings (SSSR count). The second-order valence-corrected chi connectivity index (χ2v) is 31.0. The van der Waals surface area contributed by atoms with Crippen LogP contribution in [0.2, 0.25) is 0 Å². The SMILES string of the molecule is C=C(O)Cc1noc2cc(Nc3n[nH]c4cccnc34)ccc12.CC(C)(C)Cc1noc2cc(Nc3[nH]nc4ncccc34)cnc12.CC(C)(C)Cc1noc2cc(Nc3n[nH]c4cccnc34)cnc12.CON(C)C(=O)Cc1noc2cc(Nc3n[nH]c4cccnc34)ccc12.c1ccc(OCc2noc3cc(Nc4n[nH]c5cccnc45)ccc23)cc1. The lowest BCUT2D eigenvalue weighted by Gasteiger charge is -2.15. The van der Waals surface area contributed by atoms with Crippen molar-refractivity contribution < 1.29 is 42.1 Å². The van der Waals surface area contributed by atoms with E-state index in [1.54, 1.807) is 56.5 Å². The van der Waals surface area contributed by atoms with Crippen LogP contribution in [0.15, 0.2) is 236 Å². The highest BCUT2D eigenvalue weighted by atomic mass is 16.7. The molecule has 0 fully saturated rings. The summed E-state index contributed by atoms with van der Waals surface area (Å²) in [6, 6.07) is 49.3. The number of nitrogens with one attached hydrogen (secondary N) is 10. The predicted octanol–water partition coefficient (Wildman–Crippen LogP) is 17.9. The van der Waals surface area contributed by atoms with Gasteiger partial charge in [-0.25, -0.2) is 20.0 Å². The lowest BCUT2D eigenvalue weighted by atomic mass is 9.90. The van der Waals surface area contributed by atoms with Crippen molar-refractivity contribution in [2.45, 2.75) is 73.8 Å². The summed E-state index contributed by atoms with van der Waals surface area (Å²) in [5, 5.41) is 86.4. The fourth-order valence-electron chi connectivity index (χ4n) is 13.3. The Morgan fingerprint density at radius 1 is 0.411 bits per heavy atom. The van der Waals surface area contributed by atoms with Gasteiger partial charge in [-0.15, -0.1) is 0 Å². The van der Waals surface area contributed by atoms with Gasteiger partial charge < -0.3 is 59.0 Å². The maximum absolute atomic E-state index is 12.0. The number of hydroxylamine groups is 2. The Kier molecular flexibility index (Phi) is 22.4. The second-order valence-electron chi connectivity index (χ2n) is 31.0. The van der Waals surface area contributed by atoms with Crippen molar-refractivity contribution in [2.24, 2.45) is 10.8 Å². The van der Waals surface area contributed by atoms with E-state index >= 15 is 0 Å². The molecule has 21 aromatic rings. The van der Waals surface area contributed by atoms with Crippen LogP contribution in [0.4, 0.5) is 57.5 Å². The molecule has 0 saturated carbocycles. The number of rotatable bonds is 20. The van der Waals surface area contributed by atoms with E-state index in [4.69, 9.17) is 32.2 Å². The monoisotopic (exact) mass is 1660 g/mol. The largest absolute Gasteiger partial charge is 0.513 e. The van der Waals surface area contributed by atoms with Crippen LogP contribution in [0, 0.1) is 10.8 Å². The third-order valence-electron chi connectivity index (χ3n) is 19.2. The van der Waals surface area contributed by atoms with Crippen molar-refractivity contribution in [1.82, 2.24) is 117 Å². The molecule has 124 heavy (non-hydrogen) atoms. The lowest BCUT2D eigenvalue weighted by Crippen LogP contribution is -2.27. The van der Waals surface area contributed by atoms with E-state index in [9.17, 15) is 9.90 Å². The Balaban J connectivity index is 0.000000110. The molecule has 0 spiro atoms. The topological polar surface area (TPSA) is 483 Å². The normalized spacial score (nSPS) is 11.5. The number of pyridine rings is 7. The number of hydrogen-bond acceptors (Lipinski definition) is 31. The number of anilines is 10. The van der Waals surface area contributed by atoms with Crippen LogP contribution in [0.1, 0.15) is 70.0 Å². The minimum Gasteiger partial charge on any atom is -0.513 e. The van der Waals surface area contributed by atoms with Crippen molar-refractivity contribution in [3.05, 3.63) is 242 Å². The van der Waals surface area contributed by atoms with Gasteiger partial charge in [0.05, 0.1) is 82.6 Å². The molecule has 1 amide bonds. The molecule has 0 aliphatic heterocycles. The number of aromatic amines is 5. The molecular weight excluding hydrogens is 1580 g/mol. The number of H-pyrrole nitrogens is 5. The Morgan fingerprint density at radius 2 is 0.798 bits per heavy atom. The van der Waals surface area contributed by atoms with Crippen molar-refractivity contribution in [1.29, 1.82) is 0 Å². The molecule has 37 heteroatoms. The summed E-state index contributed by atoms with van der Waals surface area (Å²) in [6.45, 7) is 16.8. The number of hydrogen-bond donors (Lipinski definition) is 11. The number of benzene rings is 4. The summed E-state index contributed by atoms with van der Waals surface area (Å²) >= 11 is 0. The van der Waals surface area contributed by atoms with E-state index < -0.39 is 0 Å². The molecule has 37 nitrogen and oxygen atoms in total. The van der Waals surface area contributed by atoms with Gasteiger partial charge in [0, 0.05) is 114 Å². The molecule has 11 N–H and O–H groups in total. The Hall–Kier alpha value is -16.6. The van der Waals surface area contributed by atoms with Crippen molar-refractivity contribution >= 4 is 174 Å². The van der Waals surface area contributed by atoms with Gasteiger partial charge >= 0.3 is 0 Å². The second kappa shape index (κ2) is 34.8. The van der Waals surface area contributed by atoms with Gasteiger partial charge in [0.25, 0.3) is 5.91 Å². The fraction of sp³-hybridized carbons (Fsp3) is 0.172. The predicted molar refractivity (Wildman–Crippen MR) is 468 cm³/mol. The zero-order valence-corrected chi connectivity index (χ0v) is 68.1. The first-order chi connectivity index (χ1) is 60.2. The minimum absolute atomic E-state index is 0.0523. The first kappa shape index (κ1) is 79.8. The number of allylic oxidation sites excluding steroid dienone is 1. The van der Waals surface area contributed by atoms with Crippen LogP contribution in [-0.4, -0.2) is 142 Å². The summed E-state index contributed by atoms with van der Waals surface area (Å²) in [7, 11) is 2.99. The molecule has 0 unspecified atom stereocenters. The van der Waals surface area contributed by atoms with Crippen molar-refractivity contribution in [2.75, 3.05) is 40.7 Å². The summed E-state index contributed by atoms with van der Waals surface area (Å²) in [6.07, 6.45) is 14.1. The first-order valence-electron chi connectivity index (χ1n) is 39.0. The summed E-state index contributed by atoms with van der Waals surface area (Å²) < 4.78 is 32.8. The number of likely N-dealkylation sites (N-methyl/N-ethyl adjacent to an activating group) is 1. The molecule has 0 bridgehead atoms. The summed E-state index contributed by atoms with van der Waals surface area (Å²) in [5.74, 6) is 3.99. The maximum Gasteiger partial charge on any atom is 0.252 e. The maximum atomic E-state index is 12.0. The molecular formula is C87H80N28O9. The highest BCUT2D eigenvalue weighted by Gasteiger charge is 2.23. The van der Waals surface area contributed by atoms with Gasteiger partial charge in [0.2, 0.25) is 0 Å². The summed E-state index contributed by atoms with van der Waals surface area (Å²) in [5.41, 5.74) is 20.0. The smallest absolute Gasteiger partial charge is 0.252 e. The standard InChI is InChI=1S/C20H15N5O2.C17H16N6O3.2C17H18N6O.C16H13N5O2/c1-2-5-14(6-3-1)26-12-17-15-9-8-13(11-18(15)27-25-17)22-20-19-16(23-24-20)7-4-10-21-19;1-23(25-2)15(24)9-13-11-6-5-10(8-14(11)26-22-13)19-17-16-12(20-21-17)4-3-7-18-16;1-17(2,3)8-12-14-13(24-23-12)7-10(9-19-14)20-16-15-11(21-22-16)5-4-6-18-15;1-17(2,3)8-12-14-13(24-23-12)7-10(9-19-14)20-16-11-5-4-6-18-15(11)21-22-16;1-9(22)7-13-11-5-4-10(8-14(11)23-21-13)18-16-15-12(19-20-16)3-2-6-17-15/h1-11H,12H2,(H2,22,23,24);3-8H,9H2,1-2H3,(H2,19,20,21);4-7,9H,8H2,1-3H3,(H2,20,21,22);4-7,9H,8H2,1-3H3,(H2,18,20,21,22);2-6,8,22H,1,7H2,(H2,18,19,20). The number of aliphatic hydroxyl groups is 1. The summed E-state index contributed by atoms with van der Waals surface area (Å²) in [4.78, 5) is 47.4. The number of carbonyl (C=O) groups excluding carboxylic acids is 1. The van der Waals surface area contributed by atoms with Gasteiger partial charge in [-0.2, -0.15) is 25.5 Å². The third kappa shape index (κ3) is 18.3. The van der Waals surface area contributed by atoms with Gasteiger partial charge in [-0.05, 0) is 120 Å². The number of para-hydroxylation sites is 1. The number of aromatic nitrogens is 22. The quantitative estimate of drug-likeness (QED) is 0.0249. The van der Waals surface area contributed by atoms with Crippen molar-refractivity contribution in [3.8, 4) is 5.75 Å². The van der Waals surface area contributed by atoms with Crippen LogP contribution in [0.5, 0.6) is 5.75 Å². The van der Waals surface area contributed by atoms with E-state index in [1.165, 1.54) is 7.11 Å². The molecule has 17 heterocycles. The molecule has 0 atom stereocenters. The van der Waals surface area contributed by atoms with E-state index in [1.807, 2.05) is 152 Å². The number of ether oxygens (including phenoxy) is 1. The average molecular weight is 1660 g/mol. The number of fused-ring (bicyclic) bond motifs is 10. The Labute approximate surface area is 702 Å². The van der Waals surface area contributed by atoms with Gasteiger partial charge in [0.15, 0.2) is 56.8 Å². The van der Waals surface area contributed by atoms with Crippen LogP contribution in [0.25, 0.3) is 110 Å². The van der Waals surface area contributed by atoms with Crippen molar-refractivity contribution in [3.63, 3.8) is 0 Å². The molecule has 4 aromatic carbocycles. The van der Waals surface area contributed by atoms with Crippen LogP contribution in [0.3, 0.4) is 0 Å². The first-order valence-corrected chi connectivity index (χ1v) is 39.0. The fourth-order valence-corrected chi connectivity index (χ4v) is 13.3. The van der Waals surface area contributed by atoms with Crippen LogP contribution < -0.4 is 31.3 Å². The number of nitrogens with zero attached hydrogens (tertiary/aromatic N) is 18. The molecule has 0 radical (unpaired) electrons. The molecule has 0 saturated heterocycles. The van der Waals surface area contributed by atoms with E-state index in [-0.39, 0.29) is 35.3 Å². The highest BCUT2D eigenvalue weighted by Crippen LogP contribution is 2.35. The zero-order chi connectivity index (χ0) is 85.4. The lowest BCUT2D eigenvalue weighted by molar-refractivity contribution is -0.167. The van der Waals surface area contributed by atoms with Gasteiger partial charge in [0.1, 0.15) is 74.1 Å². The third-order valence-corrected chi connectivity index (χ3v) is 19.2. The minimum atomic E-state index is -0.209. The van der Waals surface area contributed by atoms with Crippen LogP contribution in [-0.2, 0) is 41.9 Å². The van der Waals surface area contributed by atoms with Gasteiger partial charge in [-0.3, -0.25) is 55.1 Å². The number of amides is 1. The van der Waals surface area contributed by atoms with E-state index in [0.29, 0.717) is 74.8 Å². The highest BCUT2D eigenvalue weighted by molar-refractivity contribution is 5.95. The van der Waals surface area contributed by atoms with Crippen LogP contribution >= 0.6 is 0 Å². The number of aliphatic hydroxyl groups excluding tert-OH is 1. The molecule has 0 aliphatic carbocycles. The van der Waals surface area contributed by atoms with Gasteiger partial charge in [-0.1, -0.05) is 92.1 Å². The van der Waals surface area contributed by atoms with E-state index in [2.05, 4.69) is 186 Å². The Bertz CT molecular complexity index is 7180. The zero-order valence-electron chi connectivity index (χ0n) is 68.1.